The number of fused-ring (bicyclic) bond motifs is 1. The summed E-state index contributed by atoms with van der Waals surface area (Å²) in [5, 5.41) is 27.8. The Hall–Kier alpha value is -1.18. The van der Waals surface area contributed by atoms with E-state index in [2.05, 4.69) is 24.9 Å². The Morgan fingerprint density at radius 3 is 2.59 bits per heavy atom. The van der Waals surface area contributed by atoms with Crippen molar-refractivity contribution >= 4 is 43.6 Å². The number of ether oxygens (including phenoxy) is 1. The quantitative estimate of drug-likeness (QED) is 0.221. The maximum Gasteiger partial charge on any atom is 0.340 e. The van der Waals surface area contributed by atoms with E-state index in [9.17, 15) is 24.2 Å². The highest BCUT2D eigenvalue weighted by molar-refractivity contribution is 7.70. The molecular formula is C12H18ClN5O9P2. The van der Waals surface area contributed by atoms with Crippen LogP contribution in [0.4, 0.5) is 5.82 Å². The van der Waals surface area contributed by atoms with E-state index < -0.39 is 52.2 Å². The fraction of sp³-hybridized carbons (Fsp3) is 0.583. The molecule has 0 saturated carbocycles. The molecule has 0 radical (unpaired) electrons. The molecule has 5 atom stereocenters. The highest BCUT2D eigenvalue weighted by Crippen LogP contribution is 2.55. The molecule has 0 aromatic carbocycles. The van der Waals surface area contributed by atoms with E-state index in [4.69, 9.17) is 26.1 Å². The molecule has 1 aliphatic rings. The summed E-state index contributed by atoms with van der Waals surface area (Å²) in [5.41, 5.74) is 0.196. The molecule has 29 heavy (non-hydrogen) atoms. The summed E-state index contributed by atoms with van der Waals surface area (Å²) in [6.07, 6.45) is -4.20. The maximum atomic E-state index is 11.8. The van der Waals surface area contributed by atoms with E-state index in [0.717, 1.165) is 4.68 Å². The number of aromatic nitrogens is 4. The van der Waals surface area contributed by atoms with Crippen LogP contribution in [0.1, 0.15) is 6.23 Å². The lowest BCUT2D eigenvalue weighted by Gasteiger charge is -2.18. The summed E-state index contributed by atoms with van der Waals surface area (Å²) in [7, 11) is -7.85. The van der Waals surface area contributed by atoms with Gasteiger partial charge in [-0.1, -0.05) is 0 Å². The van der Waals surface area contributed by atoms with E-state index in [-0.39, 0.29) is 10.9 Å². The van der Waals surface area contributed by atoms with E-state index in [1.807, 2.05) is 0 Å². The molecule has 3 heterocycles. The second-order valence-electron chi connectivity index (χ2n) is 6.20. The van der Waals surface area contributed by atoms with Gasteiger partial charge in [0.1, 0.15) is 24.1 Å². The van der Waals surface area contributed by atoms with Crippen LogP contribution in [-0.2, 0) is 18.4 Å². The predicted octanol–water partition coefficient (Wildman–Crippen LogP) is -0.522. The van der Waals surface area contributed by atoms with Gasteiger partial charge in [0.15, 0.2) is 17.8 Å². The van der Waals surface area contributed by atoms with Gasteiger partial charge >= 0.3 is 15.2 Å². The molecule has 2 aromatic heterocycles. The molecule has 6 N–H and O–H groups in total. The standard InChI is InChI=1S/C12H18ClN5O9P2/c1-14-9-5-2-15-18(10(5)17-12(13)16-9)11-8(20)7(19)6(27-11)3-26-29(24,25)4-28(21,22)23/h2,6-8,11,19-20H,3-4H2,1H3,(H,24,25)(H,14,16,17)(H2,21,22,23)/t6-,7-,8-,11-/m1/s1. The number of anilines is 1. The molecule has 1 saturated heterocycles. The van der Waals surface area contributed by atoms with E-state index >= 15 is 0 Å². The van der Waals surface area contributed by atoms with Crippen molar-refractivity contribution in [2.75, 3.05) is 24.9 Å². The number of rotatable bonds is 7. The van der Waals surface area contributed by atoms with Gasteiger partial charge in [0.25, 0.3) is 0 Å². The van der Waals surface area contributed by atoms with Gasteiger partial charge in [-0.25, -0.2) is 9.67 Å². The van der Waals surface area contributed by atoms with Crippen molar-refractivity contribution < 1.29 is 43.3 Å². The van der Waals surface area contributed by atoms with Crippen LogP contribution in [0.2, 0.25) is 5.28 Å². The zero-order valence-electron chi connectivity index (χ0n) is 14.7. The van der Waals surface area contributed by atoms with Crippen LogP contribution in [0.15, 0.2) is 6.20 Å². The first-order chi connectivity index (χ1) is 13.4. The average molecular weight is 474 g/mol. The third-order valence-corrected chi connectivity index (χ3v) is 7.67. The third kappa shape index (κ3) is 4.94. The van der Waals surface area contributed by atoms with Crippen molar-refractivity contribution in [2.24, 2.45) is 0 Å². The van der Waals surface area contributed by atoms with Gasteiger partial charge in [-0.05, 0) is 11.6 Å². The number of nitrogens with one attached hydrogen (secondary N) is 1. The topological polar surface area (TPSA) is 209 Å². The Kier molecular flexibility index (Phi) is 6.33. The number of halogens is 1. The molecule has 2 aromatic rings. The first-order valence-electron chi connectivity index (χ1n) is 8.03. The number of aliphatic hydroxyl groups excluding tert-OH is 2. The lowest BCUT2D eigenvalue weighted by atomic mass is 10.1. The number of nitrogens with zero attached hydrogens (tertiary/aromatic N) is 4. The maximum absolute atomic E-state index is 11.8. The lowest BCUT2D eigenvalue weighted by Crippen LogP contribution is -2.33. The fourth-order valence-electron chi connectivity index (χ4n) is 2.81. The minimum absolute atomic E-state index is 0.102. The normalized spacial score (nSPS) is 27.3. The van der Waals surface area contributed by atoms with Crippen LogP contribution < -0.4 is 5.32 Å². The van der Waals surface area contributed by atoms with Gasteiger partial charge in [-0.3, -0.25) is 9.13 Å². The van der Waals surface area contributed by atoms with Crippen molar-refractivity contribution in [1.29, 1.82) is 0 Å². The van der Waals surface area contributed by atoms with Crippen molar-refractivity contribution in [3.8, 4) is 0 Å². The van der Waals surface area contributed by atoms with Crippen molar-refractivity contribution in [3.05, 3.63) is 11.5 Å². The number of hydrogen-bond donors (Lipinski definition) is 6. The molecule has 162 valence electrons. The van der Waals surface area contributed by atoms with Crippen LogP contribution >= 0.6 is 26.8 Å². The van der Waals surface area contributed by atoms with Crippen molar-refractivity contribution in [3.63, 3.8) is 0 Å². The van der Waals surface area contributed by atoms with Crippen LogP contribution in [0.25, 0.3) is 11.0 Å². The Labute approximate surface area is 168 Å². The molecule has 0 amide bonds. The van der Waals surface area contributed by atoms with Crippen LogP contribution in [0.3, 0.4) is 0 Å². The van der Waals surface area contributed by atoms with Gasteiger partial charge < -0.3 is 39.5 Å². The summed E-state index contributed by atoms with van der Waals surface area (Å²) < 4.78 is 34.0. The summed E-state index contributed by atoms with van der Waals surface area (Å²) in [6.45, 7) is -0.709. The largest absolute Gasteiger partial charge is 0.387 e. The lowest BCUT2D eigenvalue weighted by molar-refractivity contribution is -0.0541. The zero-order chi connectivity index (χ0) is 21.6. The Morgan fingerprint density at radius 2 is 1.97 bits per heavy atom. The molecule has 17 heteroatoms. The van der Waals surface area contributed by atoms with Gasteiger partial charge in [0, 0.05) is 7.05 Å². The average Bonchev–Trinajstić information content (AvgIpc) is 3.12. The predicted molar refractivity (Wildman–Crippen MR) is 98.5 cm³/mol. The third-order valence-electron chi connectivity index (χ3n) is 4.05. The fourth-order valence-corrected chi connectivity index (χ4v) is 5.54. The first-order valence-corrected chi connectivity index (χ1v) is 12.0. The summed E-state index contributed by atoms with van der Waals surface area (Å²) >= 11 is 5.89. The van der Waals surface area contributed by atoms with Gasteiger partial charge in [-0.15, -0.1) is 0 Å². The Bertz CT molecular complexity index is 1000. The van der Waals surface area contributed by atoms with E-state index in [0.29, 0.717) is 11.2 Å². The minimum Gasteiger partial charge on any atom is -0.387 e. The van der Waals surface area contributed by atoms with Gasteiger partial charge in [0.2, 0.25) is 5.28 Å². The Balaban J connectivity index is 1.80. The van der Waals surface area contributed by atoms with Crippen LogP contribution in [0.5, 0.6) is 0 Å². The summed E-state index contributed by atoms with van der Waals surface area (Å²) in [5.74, 6) is -1.02. The highest BCUT2D eigenvalue weighted by atomic mass is 35.5. The van der Waals surface area contributed by atoms with E-state index in [1.165, 1.54) is 6.20 Å². The van der Waals surface area contributed by atoms with Crippen molar-refractivity contribution in [1.82, 2.24) is 19.7 Å². The molecule has 0 aliphatic carbocycles. The zero-order valence-corrected chi connectivity index (χ0v) is 17.3. The second-order valence-corrected chi connectivity index (χ2v) is 10.5. The molecule has 3 rings (SSSR count). The second kappa shape index (κ2) is 8.16. The first kappa shape index (κ1) is 22.5. The van der Waals surface area contributed by atoms with Gasteiger partial charge in [0.05, 0.1) is 18.2 Å². The van der Waals surface area contributed by atoms with Gasteiger partial charge in [-0.2, -0.15) is 10.1 Å². The minimum atomic E-state index is -4.81. The van der Waals surface area contributed by atoms with E-state index in [1.54, 1.807) is 7.05 Å². The smallest absolute Gasteiger partial charge is 0.340 e. The molecule has 1 unspecified atom stereocenters. The van der Waals surface area contributed by atoms with Crippen LogP contribution in [-0.4, -0.2) is 82.5 Å². The Morgan fingerprint density at radius 1 is 1.28 bits per heavy atom. The highest BCUT2D eigenvalue weighted by Gasteiger charge is 2.46. The molecule has 14 nitrogen and oxygen atoms in total. The molecular weight excluding hydrogens is 456 g/mol. The monoisotopic (exact) mass is 473 g/mol. The van der Waals surface area contributed by atoms with Crippen molar-refractivity contribution in [2.45, 2.75) is 24.5 Å². The SMILES string of the molecule is CNc1nc(Cl)nc2c1cnn2[C@@H]1O[C@H](COP(=O)(O)CP(=O)(O)O)[C@@H](O)[C@H]1O. The van der Waals surface area contributed by atoms with Crippen LogP contribution in [0, 0.1) is 0 Å². The molecule has 1 aliphatic heterocycles. The number of aliphatic hydroxyl groups is 2. The molecule has 0 spiro atoms. The summed E-state index contributed by atoms with van der Waals surface area (Å²) in [4.78, 5) is 35.2. The summed E-state index contributed by atoms with van der Waals surface area (Å²) in [6, 6.07) is 0. The molecule has 1 fully saturated rings. The molecule has 0 bridgehead atoms. The number of hydrogen-bond acceptors (Lipinski definition) is 10.